The lowest BCUT2D eigenvalue weighted by Crippen LogP contribution is -2.29. The summed E-state index contributed by atoms with van der Waals surface area (Å²) in [4.78, 5) is 6.70. The van der Waals surface area contributed by atoms with Gasteiger partial charge >= 0.3 is 0 Å². The summed E-state index contributed by atoms with van der Waals surface area (Å²) in [7, 11) is -3.69. The Kier molecular flexibility index (Phi) is 4.25. The van der Waals surface area contributed by atoms with Gasteiger partial charge in [-0.2, -0.15) is 5.10 Å². The van der Waals surface area contributed by atoms with Gasteiger partial charge in [-0.15, -0.1) is 0 Å². The molecule has 3 heterocycles. The van der Waals surface area contributed by atoms with Crippen molar-refractivity contribution in [3.05, 3.63) is 29.7 Å². The van der Waals surface area contributed by atoms with Gasteiger partial charge in [0.2, 0.25) is 0 Å². The van der Waals surface area contributed by atoms with Gasteiger partial charge in [0.15, 0.2) is 0 Å². The van der Waals surface area contributed by atoms with E-state index >= 15 is 0 Å². The summed E-state index contributed by atoms with van der Waals surface area (Å²) in [6, 6.07) is 3.61. The molecular formula is C15H21N5O2S. The maximum atomic E-state index is 12.5. The molecule has 7 nitrogen and oxygen atoms in total. The van der Waals surface area contributed by atoms with Crippen LogP contribution in [-0.4, -0.2) is 36.7 Å². The lowest BCUT2D eigenvalue weighted by atomic mass is 10.1. The molecule has 0 atom stereocenters. The van der Waals surface area contributed by atoms with E-state index in [1.165, 1.54) is 19.3 Å². The second kappa shape index (κ2) is 6.19. The van der Waals surface area contributed by atoms with Crippen LogP contribution in [0.2, 0.25) is 0 Å². The molecule has 1 aliphatic heterocycles. The van der Waals surface area contributed by atoms with Crippen LogP contribution in [0.15, 0.2) is 23.2 Å². The van der Waals surface area contributed by atoms with E-state index in [4.69, 9.17) is 0 Å². The number of piperidine rings is 1. The first-order valence-electron chi connectivity index (χ1n) is 7.73. The molecule has 1 aliphatic rings. The molecule has 0 radical (unpaired) electrons. The minimum absolute atomic E-state index is 0.180. The maximum absolute atomic E-state index is 12.5. The van der Waals surface area contributed by atoms with Gasteiger partial charge in [0.25, 0.3) is 10.0 Å². The SMILES string of the molecule is Cc1n[nH]c(C)c1S(=O)(=O)Nc1ccc(N2CCCCC2)cn1. The van der Waals surface area contributed by atoms with Gasteiger partial charge in [-0.1, -0.05) is 0 Å². The van der Waals surface area contributed by atoms with Crippen molar-refractivity contribution < 1.29 is 8.42 Å². The van der Waals surface area contributed by atoms with Crippen LogP contribution in [0.5, 0.6) is 0 Å². The Balaban J connectivity index is 1.78. The van der Waals surface area contributed by atoms with Crippen LogP contribution in [0.1, 0.15) is 30.7 Å². The van der Waals surface area contributed by atoms with E-state index in [-0.39, 0.29) is 4.90 Å². The highest BCUT2D eigenvalue weighted by molar-refractivity contribution is 7.92. The van der Waals surface area contributed by atoms with Crippen molar-refractivity contribution in [2.24, 2.45) is 0 Å². The predicted molar refractivity (Wildman–Crippen MR) is 89.2 cm³/mol. The van der Waals surface area contributed by atoms with E-state index in [1.807, 2.05) is 6.07 Å². The largest absolute Gasteiger partial charge is 0.370 e. The van der Waals surface area contributed by atoms with E-state index in [2.05, 4.69) is 24.8 Å². The van der Waals surface area contributed by atoms with Gasteiger partial charge in [-0.25, -0.2) is 13.4 Å². The Morgan fingerprint density at radius 3 is 2.48 bits per heavy atom. The van der Waals surface area contributed by atoms with Crippen molar-refractivity contribution in [3.8, 4) is 0 Å². The summed E-state index contributed by atoms with van der Waals surface area (Å²) >= 11 is 0. The van der Waals surface area contributed by atoms with E-state index < -0.39 is 10.0 Å². The van der Waals surface area contributed by atoms with Gasteiger partial charge < -0.3 is 4.90 Å². The zero-order chi connectivity index (χ0) is 16.4. The zero-order valence-electron chi connectivity index (χ0n) is 13.3. The first kappa shape index (κ1) is 15.8. The van der Waals surface area contributed by atoms with E-state index in [9.17, 15) is 8.42 Å². The molecule has 0 saturated carbocycles. The lowest BCUT2D eigenvalue weighted by molar-refractivity contribution is 0.577. The number of sulfonamides is 1. The number of aromatic amines is 1. The minimum atomic E-state index is -3.69. The third-order valence-electron chi connectivity index (χ3n) is 4.04. The number of hydrogen-bond acceptors (Lipinski definition) is 5. The minimum Gasteiger partial charge on any atom is -0.370 e. The third kappa shape index (κ3) is 3.31. The van der Waals surface area contributed by atoms with Crippen LogP contribution in [-0.2, 0) is 10.0 Å². The van der Waals surface area contributed by atoms with Gasteiger partial charge in [0.05, 0.1) is 23.3 Å². The van der Waals surface area contributed by atoms with Crippen LogP contribution >= 0.6 is 0 Å². The Morgan fingerprint density at radius 1 is 1.17 bits per heavy atom. The van der Waals surface area contributed by atoms with Gasteiger partial charge in [-0.05, 0) is 45.2 Å². The van der Waals surface area contributed by atoms with Crippen LogP contribution in [0.25, 0.3) is 0 Å². The molecule has 8 heteroatoms. The second-order valence-electron chi connectivity index (χ2n) is 5.82. The van der Waals surface area contributed by atoms with Crippen LogP contribution in [0.4, 0.5) is 11.5 Å². The van der Waals surface area contributed by atoms with Gasteiger partial charge in [0, 0.05) is 13.1 Å². The fourth-order valence-corrected chi connectivity index (χ4v) is 4.29. The molecule has 124 valence electrons. The molecule has 0 amide bonds. The van der Waals surface area contributed by atoms with Crippen molar-refractivity contribution >= 4 is 21.5 Å². The summed E-state index contributed by atoms with van der Waals surface area (Å²) < 4.78 is 27.5. The number of aromatic nitrogens is 3. The van der Waals surface area contributed by atoms with E-state index in [1.54, 1.807) is 26.1 Å². The number of rotatable bonds is 4. The first-order valence-corrected chi connectivity index (χ1v) is 9.21. The standard InChI is InChI=1S/C15H21N5O2S/c1-11-15(12(2)18-17-11)23(21,22)19-14-7-6-13(10-16-14)20-8-4-3-5-9-20/h6-7,10H,3-5,8-9H2,1-2H3,(H,16,19)(H,17,18). The van der Waals surface area contributed by atoms with Gasteiger partial charge in [0.1, 0.15) is 10.7 Å². The normalized spacial score (nSPS) is 15.7. The highest BCUT2D eigenvalue weighted by Gasteiger charge is 2.22. The molecule has 2 aromatic rings. The van der Waals surface area contributed by atoms with E-state index in [0.717, 1.165) is 18.8 Å². The lowest BCUT2D eigenvalue weighted by Gasteiger charge is -2.28. The molecule has 0 aliphatic carbocycles. The fraction of sp³-hybridized carbons (Fsp3) is 0.467. The highest BCUT2D eigenvalue weighted by Crippen LogP contribution is 2.23. The maximum Gasteiger partial charge on any atom is 0.266 e. The molecular weight excluding hydrogens is 314 g/mol. The molecule has 2 aromatic heterocycles. The van der Waals surface area contributed by atoms with Crippen molar-refractivity contribution in [2.75, 3.05) is 22.7 Å². The number of aryl methyl sites for hydroxylation is 2. The Bertz CT molecular complexity index is 757. The average molecular weight is 335 g/mol. The fourth-order valence-electron chi connectivity index (χ4n) is 2.91. The number of hydrogen-bond donors (Lipinski definition) is 2. The molecule has 0 bridgehead atoms. The highest BCUT2D eigenvalue weighted by atomic mass is 32.2. The summed E-state index contributed by atoms with van der Waals surface area (Å²) in [5.41, 5.74) is 1.99. The Hall–Kier alpha value is -2.09. The number of anilines is 2. The number of nitrogens with one attached hydrogen (secondary N) is 2. The quantitative estimate of drug-likeness (QED) is 0.894. The van der Waals surface area contributed by atoms with Crippen LogP contribution < -0.4 is 9.62 Å². The molecule has 2 N–H and O–H groups in total. The summed E-state index contributed by atoms with van der Waals surface area (Å²) in [6.45, 7) is 5.40. The summed E-state index contributed by atoms with van der Waals surface area (Å²) in [6.07, 6.45) is 5.37. The van der Waals surface area contributed by atoms with Crippen molar-refractivity contribution in [1.29, 1.82) is 0 Å². The summed E-state index contributed by atoms with van der Waals surface area (Å²) in [5.74, 6) is 0.311. The molecule has 3 rings (SSSR count). The molecule has 1 saturated heterocycles. The van der Waals surface area contributed by atoms with Crippen molar-refractivity contribution in [1.82, 2.24) is 15.2 Å². The van der Waals surface area contributed by atoms with E-state index in [0.29, 0.717) is 17.2 Å². The first-order chi connectivity index (χ1) is 11.0. The zero-order valence-corrected chi connectivity index (χ0v) is 14.2. The number of pyridine rings is 1. The predicted octanol–water partition coefficient (Wildman–Crippen LogP) is 2.21. The van der Waals surface area contributed by atoms with Crippen LogP contribution in [0.3, 0.4) is 0 Å². The van der Waals surface area contributed by atoms with Crippen molar-refractivity contribution in [3.63, 3.8) is 0 Å². The molecule has 0 spiro atoms. The molecule has 0 unspecified atom stereocenters. The second-order valence-corrected chi connectivity index (χ2v) is 7.44. The average Bonchev–Trinajstić information content (AvgIpc) is 2.88. The topological polar surface area (TPSA) is 91.0 Å². The molecule has 0 aromatic carbocycles. The van der Waals surface area contributed by atoms with Gasteiger partial charge in [-0.3, -0.25) is 9.82 Å². The number of H-pyrrole nitrogens is 1. The molecule has 1 fully saturated rings. The monoisotopic (exact) mass is 335 g/mol. The smallest absolute Gasteiger partial charge is 0.266 e. The Labute approximate surface area is 136 Å². The van der Waals surface area contributed by atoms with Crippen LogP contribution in [0, 0.1) is 13.8 Å². The Morgan fingerprint density at radius 2 is 1.91 bits per heavy atom. The molecule has 23 heavy (non-hydrogen) atoms. The third-order valence-corrected chi connectivity index (χ3v) is 5.65. The van der Waals surface area contributed by atoms with Crippen molar-refractivity contribution in [2.45, 2.75) is 38.0 Å². The summed E-state index contributed by atoms with van der Waals surface area (Å²) in [5, 5.41) is 6.61. The number of nitrogens with zero attached hydrogens (tertiary/aromatic N) is 3.